The summed E-state index contributed by atoms with van der Waals surface area (Å²) in [4.78, 5) is 5.94. The Morgan fingerprint density at radius 3 is 3.00 bits per heavy atom. The second-order valence-corrected chi connectivity index (χ2v) is 2.46. The van der Waals surface area contributed by atoms with Crippen molar-refractivity contribution in [2.45, 2.75) is 0 Å². The molecule has 0 fully saturated rings. The van der Waals surface area contributed by atoms with Gasteiger partial charge in [-0.05, 0) is 12.2 Å². The number of rotatable bonds is 3. The standard InChI is InChI=1S/C5H10N4OS/c1-9(3-2-6)4-7-5(11)10-8-4/h2-3,6H2,1H3,(H,7,8,11). The molecule has 1 aromatic heterocycles. The highest BCUT2D eigenvalue weighted by molar-refractivity contribution is 7.71. The quantitative estimate of drug-likeness (QED) is 0.637. The Hall–Kier alpha value is -0.880. The van der Waals surface area contributed by atoms with Crippen LogP contribution in [0.3, 0.4) is 0 Å². The van der Waals surface area contributed by atoms with E-state index in [-0.39, 0.29) is 4.84 Å². The first-order valence-corrected chi connectivity index (χ1v) is 3.61. The second kappa shape index (κ2) is 3.49. The number of nitrogens with one attached hydrogen (secondary N) is 1. The number of likely N-dealkylation sites (N-methyl/N-ethyl adjacent to an activating group) is 1. The number of nitrogens with two attached hydrogens (primary N) is 1. The molecule has 0 unspecified atom stereocenters. The van der Waals surface area contributed by atoms with E-state index in [1.54, 1.807) is 0 Å². The van der Waals surface area contributed by atoms with E-state index < -0.39 is 0 Å². The van der Waals surface area contributed by atoms with E-state index in [4.69, 9.17) is 10.3 Å². The largest absolute Gasteiger partial charge is 0.346 e. The fourth-order valence-corrected chi connectivity index (χ4v) is 0.812. The maximum atomic E-state index is 5.33. The first-order valence-electron chi connectivity index (χ1n) is 3.20. The van der Waals surface area contributed by atoms with Gasteiger partial charge in [-0.3, -0.25) is 0 Å². The van der Waals surface area contributed by atoms with Crippen molar-refractivity contribution in [3.8, 4) is 0 Å². The Balaban J connectivity index is 2.68. The summed E-state index contributed by atoms with van der Waals surface area (Å²) < 4.78 is 4.73. The van der Waals surface area contributed by atoms with Gasteiger partial charge in [0.15, 0.2) is 0 Å². The summed E-state index contributed by atoms with van der Waals surface area (Å²) in [5.74, 6) is 0.612. The summed E-state index contributed by atoms with van der Waals surface area (Å²) in [5.41, 5.74) is 5.33. The molecule has 1 aromatic rings. The van der Waals surface area contributed by atoms with Crippen LogP contribution < -0.4 is 10.6 Å². The molecule has 1 heterocycles. The molecule has 0 bridgehead atoms. The molecule has 0 aliphatic heterocycles. The topological polar surface area (TPSA) is 71.1 Å². The fraction of sp³-hybridized carbons (Fsp3) is 0.600. The van der Waals surface area contributed by atoms with Crippen LogP contribution >= 0.6 is 12.2 Å². The first-order chi connectivity index (χ1) is 5.24. The summed E-state index contributed by atoms with van der Waals surface area (Å²) in [6.45, 7) is 1.29. The van der Waals surface area contributed by atoms with Crippen LogP contribution in [0, 0.1) is 4.84 Å². The summed E-state index contributed by atoms with van der Waals surface area (Å²) in [6.07, 6.45) is 0. The maximum Gasteiger partial charge on any atom is 0.315 e. The van der Waals surface area contributed by atoms with Gasteiger partial charge in [0.25, 0.3) is 0 Å². The smallest absolute Gasteiger partial charge is 0.315 e. The lowest BCUT2D eigenvalue weighted by atomic mass is 10.6. The molecule has 0 amide bonds. The van der Waals surface area contributed by atoms with Gasteiger partial charge < -0.3 is 15.2 Å². The van der Waals surface area contributed by atoms with E-state index in [0.29, 0.717) is 12.5 Å². The third-order valence-corrected chi connectivity index (χ3v) is 1.43. The lowest BCUT2D eigenvalue weighted by Gasteiger charge is -2.11. The molecule has 0 radical (unpaired) electrons. The molecule has 62 valence electrons. The van der Waals surface area contributed by atoms with Crippen LogP contribution in [0.25, 0.3) is 0 Å². The van der Waals surface area contributed by atoms with Crippen LogP contribution in [0.2, 0.25) is 0 Å². The molecule has 0 atom stereocenters. The lowest BCUT2D eigenvalue weighted by molar-refractivity contribution is 0.404. The van der Waals surface area contributed by atoms with Crippen molar-refractivity contribution in [1.29, 1.82) is 0 Å². The Morgan fingerprint density at radius 2 is 2.55 bits per heavy atom. The summed E-state index contributed by atoms with van der Waals surface area (Å²) >= 11 is 4.67. The molecule has 0 aliphatic rings. The highest BCUT2D eigenvalue weighted by atomic mass is 32.1. The van der Waals surface area contributed by atoms with Crippen LogP contribution in [0.5, 0.6) is 0 Å². The van der Waals surface area contributed by atoms with Gasteiger partial charge in [0.05, 0.1) is 0 Å². The van der Waals surface area contributed by atoms with Crippen molar-refractivity contribution in [3.63, 3.8) is 0 Å². The normalized spacial score (nSPS) is 10.0. The number of aromatic nitrogens is 2. The molecule has 5 nitrogen and oxygen atoms in total. The van der Waals surface area contributed by atoms with Crippen molar-refractivity contribution >= 4 is 18.2 Å². The molecular weight excluding hydrogens is 164 g/mol. The SMILES string of the molecule is CN(CCN)c1nc(=S)o[nH]1. The highest BCUT2D eigenvalue weighted by Crippen LogP contribution is 2.02. The zero-order valence-corrected chi connectivity index (χ0v) is 7.02. The number of aromatic amines is 1. The minimum absolute atomic E-state index is 0.212. The average molecular weight is 174 g/mol. The van der Waals surface area contributed by atoms with E-state index in [2.05, 4.69) is 22.4 Å². The van der Waals surface area contributed by atoms with Gasteiger partial charge in [0.1, 0.15) is 0 Å². The van der Waals surface area contributed by atoms with Crippen molar-refractivity contribution in [2.24, 2.45) is 5.73 Å². The van der Waals surface area contributed by atoms with Crippen molar-refractivity contribution in [1.82, 2.24) is 10.1 Å². The number of hydrogen-bond acceptors (Lipinski definition) is 5. The van der Waals surface area contributed by atoms with E-state index in [9.17, 15) is 0 Å². The molecule has 0 saturated heterocycles. The van der Waals surface area contributed by atoms with Crippen molar-refractivity contribution in [3.05, 3.63) is 4.84 Å². The third-order valence-electron chi connectivity index (χ3n) is 1.25. The molecule has 0 spiro atoms. The van der Waals surface area contributed by atoms with E-state index in [0.717, 1.165) is 6.54 Å². The van der Waals surface area contributed by atoms with Crippen molar-refractivity contribution in [2.75, 3.05) is 25.0 Å². The number of H-pyrrole nitrogens is 1. The Bertz CT molecular complexity index is 267. The molecule has 0 aromatic carbocycles. The van der Waals surface area contributed by atoms with E-state index in [1.807, 2.05) is 11.9 Å². The van der Waals surface area contributed by atoms with Crippen LogP contribution in [0.4, 0.5) is 5.95 Å². The maximum absolute atomic E-state index is 5.33. The van der Waals surface area contributed by atoms with Crippen molar-refractivity contribution < 1.29 is 4.52 Å². The Kier molecular flexibility index (Phi) is 2.61. The number of nitrogens with zero attached hydrogens (tertiary/aromatic N) is 2. The zero-order chi connectivity index (χ0) is 8.27. The molecule has 3 N–H and O–H groups in total. The highest BCUT2D eigenvalue weighted by Gasteiger charge is 2.02. The van der Waals surface area contributed by atoms with Crippen LogP contribution in [-0.4, -0.2) is 30.3 Å². The summed E-state index contributed by atoms with van der Waals surface area (Å²) in [7, 11) is 1.86. The van der Waals surface area contributed by atoms with E-state index in [1.165, 1.54) is 0 Å². The minimum atomic E-state index is 0.212. The molecule has 0 saturated carbocycles. The van der Waals surface area contributed by atoms with Gasteiger partial charge in [0, 0.05) is 20.1 Å². The Morgan fingerprint density at radius 1 is 1.82 bits per heavy atom. The number of hydrogen-bond donors (Lipinski definition) is 2. The molecular formula is C5H10N4OS. The van der Waals surface area contributed by atoms with Crippen LogP contribution in [-0.2, 0) is 0 Å². The molecule has 0 aliphatic carbocycles. The monoisotopic (exact) mass is 174 g/mol. The van der Waals surface area contributed by atoms with Crippen LogP contribution in [0.1, 0.15) is 0 Å². The average Bonchev–Trinajstić information content (AvgIpc) is 2.36. The van der Waals surface area contributed by atoms with Gasteiger partial charge >= 0.3 is 4.84 Å². The van der Waals surface area contributed by atoms with Gasteiger partial charge in [-0.25, -0.2) is 0 Å². The predicted molar refractivity (Wildman–Crippen MR) is 44.0 cm³/mol. The number of anilines is 1. The summed E-state index contributed by atoms with van der Waals surface area (Å²) in [5, 5.41) is 2.57. The van der Waals surface area contributed by atoms with Gasteiger partial charge in [-0.2, -0.15) is 10.1 Å². The van der Waals surface area contributed by atoms with E-state index >= 15 is 0 Å². The third kappa shape index (κ3) is 2.02. The molecule has 11 heavy (non-hydrogen) atoms. The minimum Gasteiger partial charge on any atom is -0.346 e. The molecule has 6 heteroatoms. The second-order valence-electron chi connectivity index (χ2n) is 2.12. The zero-order valence-electron chi connectivity index (χ0n) is 6.20. The van der Waals surface area contributed by atoms with Gasteiger partial charge in [-0.15, -0.1) is 0 Å². The first kappa shape index (κ1) is 8.22. The predicted octanol–water partition coefficient (Wildman–Crippen LogP) is 0.127. The van der Waals surface area contributed by atoms with Gasteiger partial charge in [0.2, 0.25) is 5.95 Å². The lowest BCUT2D eigenvalue weighted by Crippen LogP contribution is -2.25. The van der Waals surface area contributed by atoms with Crippen LogP contribution in [0.15, 0.2) is 4.52 Å². The fourth-order valence-electron chi connectivity index (χ4n) is 0.684. The van der Waals surface area contributed by atoms with Gasteiger partial charge in [-0.1, -0.05) is 0 Å². The summed E-state index contributed by atoms with van der Waals surface area (Å²) in [6, 6.07) is 0. The molecule has 1 rings (SSSR count). The Labute approximate surface area is 69.2 Å².